The Morgan fingerprint density at radius 2 is 1.85 bits per heavy atom. The van der Waals surface area contributed by atoms with Crippen LogP contribution < -0.4 is 0 Å². The van der Waals surface area contributed by atoms with Gasteiger partial charge in [0, 0.05) is 56.5 Å². The average molecular weight is 377 g/mol. The van der Waals surface area contributed by atoms with E-state index in [1.807, 2.05) is 30.3 Å². The molecule has 140 valence electrons. The van der Waals surface area contributed by atoms with Crippen molar-refractivity contribution in [3.63, 3.8) is 0 Å². The van der Waals surface area contributed by atoms with Gasteiger partial charge in [0.25, 0.3) is 0 Å². The summed E-state index contributed by atoms with van der Waals surface area (Å²) in [5, 5.41) is 10.4. The number of rotatable bonds is 6. The molecular weight excluding hydrogens is 353 g/mol. The maximum absolute atomic E-state index is 14.3. The summed E-state index contributed by atoms with van der Waals surface area (Å²) in [7, 11) is 3.29. The first-order valence-corrected chi connectivity index (χ1v) is 9.43. The zero-order valence-electron chi connectivity index (χ0n) is 15.1. The zero-order chi connectivity index (χ0) is 18.6. The van der Waals surface area contributed by atoms with E-state index in [4.69, 9.17) is 9.47 Å². The van der Waals surface area contributed by atoms with E-state index in [2.05, 4.69) is 0 Å². The maximum atomic E-state index is 14.3. The van der Waals surface area contributed by atoms with E-state index >= 15 is 0 Å². The first kappa shape index (κ1) is 19.3. The number of ether oxygens (including phenoxy) is 2. The molecule has 0 atom stereocenters. The summed E-state index contributed by atoms with van der Waals surface area (Å²) in [4.78, 5) is 1.86. The molecule has 4 nitrogen and oxygen atoms in total. The second-order valence-electron chi connectivity index (χ2n) is 6.55. The van der Waals surface area contributed by atoms with Crippen LogP contribution in [0.5, 0.6) is 0 Å². The van der Waals surface area contributed by atoms with Crippen LogP contribution in [0.25, 0.3) is 0 Å². The molecule has 1 heterocycles. The van der Waals surface area contributed by atoms with Gasteiger partial charge in [-0.05, 0) is 41.5 Å². The minimum atomic E-state index is -0.481. The highest BCUT2D eigenvalue weighted by molar-refractivity contribution is 7.99. The number of halogens is 1. The third-order valence-corrected chi connectivity index (χ3v) is 5.64. The lowest BCUT2D eigenvalue weighted by molar-refractivity contribution is -0.0950. The van der Waals surface area contributed by atoms with Gasteiger partial charge in [-0.25, -0.2) is 4.39 Å². The second kappa shape index (κ2) is 8.50. The second-order valence-corrected chi connectivity index (χ2v) is 7.70. The van der Waals surface area contributed by atoms with Crippen molar-refractivity contribution in [2.75, 3.05) is 27.4 Å². The van der Waals surface area contributed by atoms with Crippen molar-refractivity contribution in [3.05, 3.63) is 59.4 Å². The quantitative estimate of drug-likeness (QED) is 0.754. The van der Waals surface area contributed by atoms with E-state index < -0.39 is 5.60 Å². The van der Waals surface area contributed by atoms with Crippen molar-refractivity contribution in [1.29, 1.82) is 0 Å². The van der Waals surface area contributed by atoms with Crippen LogP contribution in [0.2, 0.25) is 0 Å². The summed E-state index contributed by atoms with van der Waals surface area (Å²) < 4.78 is 25.5. The fraction of sp³-hybridized carbons (Fsp3) is 0.400. The molecule has 0 aliphatic carbocycles. The molecule has 0 unspecified atom stereocenters. The van der Waals surface area contributed by atoms with Gasteiger partial charge < -0.3 is 14.7 Å². The molecule has 26 heavy (non-hydrogen) atoms. The van der Waals surface area contributed by atoms with Crippen LogP contribution in [0.15, 0.2) is 52.3 Å². The molecule has 0 aromatic heterocycles. The molecule has 2 aromatic rings. The zero-order valence-corrected chi connectivity index (χ0v) is 15.9. The predicted octanol–water partition coefficient (Wildman–Crippen LogP) is 4.45. The SMILES string of the molecule is COC1(c2cc(F)cc(Sc3ccc(CN(C)O)cc3)c2)CCOCC1. The normalized spacial score (nSPS) is 16.8. The highest BCUT2D eigenvalue weighted by Crippen LogP contribution is 2.38. The minimum Gasteiger partial charge on any atom is -0.381 e. The Morgan fingerprint density at radius 3 is 2.46 bits per heavy atom. The number of hydroxylamine groups is 2. The Labute approximate surface area is 157 Å². The van der Waals surface area contributed by atoms with Crippen LogP contribution >= 0.6 is 11.8 Å². The van der Waals surface area contributed by atoms with E-state index in [1.54, 1.807) is 26.3 Å². The van der Waals surface area contributed by atoms with Crippen LogP contribution in [-0.4, -0.2) is 37.6 Å². The van der Waals surface area contributed by atoms with Crippen molar-refractivity contribution in [2.24, 2.45) is 0 Å². The van der Waals surface area contributed by atoms with Crippen molar-refractivity contribution < 1.29 is 19.1 Å². The third-order valence-electron chi connectivity index (χ3n) is 4.66. The summed E-state index contributed by atoms with van der Waals surface area (Å²) >= 11 is 1.51. The number of methoxy groups -OCH3 is 1. The number of hydrogen-bond acceptors (Lipinski definition) is 5. The van der Waals surface area contributed by atoms with Gasteiger partial charge in [-0.1, -0.05) is 23.9 Å². The maximum Gasteiger partial charge on any atom is 0.124 e. The highest BCUT2D eigenvalue weighted by Gasteiger charge is 2.35. The summed E-state index contributed by atoms with van der Waals surface area (Å²) in [6, 6.07) is 13.0. The standard InChI is InChI=1S/C20H24FNO3S/c1-22(23)14-15-3-5-18(6-4-15)26-19-12-16(11-17(21)13-19)20(24-2)7-9-25-10-8-20/h3-6,11-13,23H,7-10,14H2,1-2H3. The fourth-order valence-corrected chi connectivity index (χ4v) is 4.16. The molecular formula is C20H24FNO3S. The molecule has 0 radical (unpaired) electrons. The molecule has 0 spiro atoms. The highest BCUT2D eigenvalue weighted by atomic mass is 32.2. The average Bonchev–Trinajstić information content (AvgIpc) is 2.63. The van der Waals surface area contributed by atoms with Crippen LogP contribution in [0.1, 0.15) is 24.0 Å². The molecule has 1 saturated heterocycles. The molecule has 6 heteroatoms. The number of benzene rings is 2. The molecule has 1 aliphatic heterocycles. The van der Waals surface area contributed by atoms with Crippen LogP contribution in [0.3, 0.4) is 0 Å². The molecule has 0 bridgehead atoms. The summed E-state index contributed by atoms with van der Waals surface area (Å²) in [5.74, 6) is -0.258. The van der Waals surface area contributed by atoms with Crippen molar-refractivity contribution in [1.82, 2.24) is 5.06 Å². The third kappa shape index (κ3) is 4.64. The lowest BCUT2D eigenvalue weighted by atomic mass is 9.86. The van der Waals surface area contributed by atoms with Gasteiger partial charge in [0.05, 0.1) is 5.60 Å². The van der Waals surface area contributed by atoms with Crippen molar-refractivity contribution in [3.8, 4) is 0 Å². The fourth-order valence-electron chi connectivity index (χ4n) is 3.26. The van der Waals surface area contributed by atoms with E-state index in [0.717, 1.165) is 38.8 Å². The largest absolute Gasteiger partial charge is 0.381 e. The smallest absolute Gasteiger partial charge is 0.124 e. The Balaban J connectivity index is 1.81. The van der Waals surface area contributed by atoms with Gasteiger partial charge in [-0.3, -0.25) is 0 Å². The van der Waals surface area contributed by atoms with Crippen LogP contribution in [0, 0.1) is 5.82 Å². The summed E-state index contributed by atoms with van der Waals surface area (Å²) in [6.45, 7) is 1.70. The first-order valence-electron chi connectivity index (χ1n) is 8.61. The molecule has 1 fully saturated rings. The summed E-state index contributed by atoms with van der Waals surface area (Å²) in [5.41, 5.74) is 1.40. The van der Waals surface area contributed by atoms with E-state index in [-0.39, 0.29) is 5.82 Å². The first-order chi connectivity index (χ1) is 12.5. The van der Waals surface area contributed by atoms with Gasteiger partial charge in [-0.15, -0.1) is 0 Å². The predicted molar refractivity (Wildman–Crippen MR) is 99.0 cm³/mol. The Bertz CT molecular complexity index is 730. The van der Waals surface area contributed by atoms with Crippen LogP contribution in [0.4, 0.5) is 4.39 Å². The number of hydrogen-bond donors (Lipinski definition) is 1. The lowest BCUT2D eigenvalue weighted by Gasteiger charge is -2.36. The Morgan fingerprint density at radius 1 is 1.15 bits per heavy atom. The van der Waals surface area contributed by atoms with E-state index in [9.17, 15) is 9.60 Å². The van der Waals surface area contributed by atoms with Gasteiger partial charge in [0.2, 0.25) is 0 Å². The molecule has 0 amide bonds. The Hall–Kier alpha value is -1.44. The topological polar surface area (TPSA) is 41.9 Å². The van der Waals surface area contributed by atoms with Gasteiger partial charge >= 0.3 is 0 Å². The molecule has 1 aliphatic rings. The van der Waals surface area contributed by atoms with Gasteiger partial charge in [0.15, 0.2) is 0 Å². The molecule has 1 N–H and O–H groups in total. The van der Waals surface area contributed by atoms with Gasteiger partial charge in [0.1, 0.15) is 5.82 Å². The van der Waals surface area contributed by atoms with E-state index in [1.165, 1.54) is 11.8 Å². The lowest BCUT2D eigenvalue weighted by Crippen LogP contribution is -2.35. The minimum absolute atomic E-state index is 0.258. The van der Waals surface area contributed by atoms with Crippen molar-refractivity contribution in [2.45, 2.75) is 34.8 Å². The Kier molecular flexibility index (Phi) is 6.32. The van der Waals surface area contributed by atoms with Crippen molar-refractivity contribution >= 4 is 11.8 Å². The molecule has 2 aromatic carbocycles. The van der Waals surface area contributed by atoms with Gasteiger partial charge in [-0.2, -0.15) is 5.06 Å². The van der Waals surface area contributed by atoms with E-state index in [0.29, 0.717) is 19.8 Å². The monoisotopic (exact) mass is 377 g/mol. The summed E-state index contributed by atoms with van der Waals surface area (Å²) in [6.07, 6.45) is 1.45. The number of nitrogens with zero attached hydrogens (tertiary/aromatic N) is 1. The van der Waals surface area contributed by atoms with Crippen LogP contribution in [-0.2, 0) is 21.6 Å². The molecule has 0 saturated carbocycles. The molecule has 3 rings (SSSR count).